The van der Waals surface area contributed by atoms with Gasteiger partial charge in [0.15, 0.2) is 5.78 Å². The number of halogens is 4. The van der Waals surface area contributed by atoms with E-state index in [0.29, 0.717) is 5.56 Å². The van der Waals surface area contributed by atoms with Gasteiger partial charge >= 0.3 is 12.1 Å². The van der Waals surface area contributed by atoms with Crippen molar-refractivity contribution in [3.8, 4) is 0 Å². The number of para-hydroxylation sites is 1. The van der Waals surface area contributed by atoms with Crippen LogP contribution in [0.15, 0.2) is 54.6 Å². The molecule has 3 nitrogen and oxygen atoms in total. The minimum Gasteiger partial charge on any atom is -0.318 e. The monoisotopic (exact) mass is 337 g/mol. The van der Waals surface area contributed by atoms with Crippen LogP contribution in [0.25, 0.3) is 6.08 Å². The molecule has 2 rings (SSSR count). The van der Waals surface area contributed by atoms with E-state index in [4.69, 9.17) is 0 Å². The fourth-order valence-electron chi connectivity index (χ4n) is 1.84. The zero-order valence-electron chi connectivity index (χ0n) is 12.1. The summed E-state index contributed by atoms with van der Waals surface area (Å²) < 4.78 is 49.8. The zero-order chi connectivity index (χ0) is 17.7. The van der Waals surface area contributed by atoms with Crippen LogP contribution in [0.3, 0.4) is 0 Å². The number of rotatable bonds is 4. The Labute approximate surface area is 134 Å². The molecular formula is C17H11F4NO2. The van der Waals surface area contributed by atoms with Crippen LogP contribution in [0, 0.1) is 5.82 Å². The number of benzene rings is 2. The first-order chi connectivity index (χ1) is 11.3. The molecule has 0 radical (unpaired) electrons. The van der Waals surface area contributed by atoms with Gasteiger partial charge in [-0.15, -0.1) is 0 Å². The number of carbonyl (C=O) groups is 2. The standard InChI is InChI=1S/C17H11F4NO2/c18-12-8-5-11(6-9-12)7-10-15(23)13-3-1-2-4-14(13)22-16(24)17(19,20)21/h1-10H,(H,22,24)/b10-7+. The van der Waals surface area contributed by atoms with E-state index in [2.05, 4.69) is 0 Å². The minimum absolute atomic E-state index is 0.0894. The average Bonchev–Trinajstić information content (AvgIpc) is 2.53. The molecule has 1 N–H and O–H groups in total. The number of hydrogen-bond acceptors (Lipinski definition) is 2. The first-order valence-electron chi connectivity index (χ1n) is 6.72. The lowest BCUT2D eigenvalue weighted by atomic mass is 10.1. The Hall–Kier alpha value is -2.96. The molecule has 124 valence electrons. The number of hydrogen-bond donors (Lipinski definition) is 1. The van der Waals surface area contributed by atoms with Crippen molar-refractivity contribution in [1.82, 2.24) is 0 Å². The third kappa shape index (κ3) is 4.52. The zero-order valence-corrected chi connectivity index (χ0v) is 12.1. The molecular weight excluding hydrogens is 326 g/mol. The minimum atomic E-state index is -5.06. The van der Waals surface area contributed by atoms with Gasteiger partial charge < -0.3 is 5.32 Å². The highest BCUT2D eigenvalue weighted by molar-refractivity contribution is 6.12. The van der Waals surface area contributed by atoms with Crippen molar-refractivity contribution in [2.75, 3.05) is 5.32 Å². The SMILES string of the molecule is O=C(/C=C/c1ccc(F)cc1)c1ccccc1NC(=O)C(F)(F)F. The summed E-state index contributed by atoms with van der Waals surface area (Å²) in [6, 6.07) is 10.6. The Kier molecular flexibility index (Phi) is 5.13. The number of alkyl halides is 3. The summed E-state index contributed by atoms with van der Waals surface area (Å²) in [5.74, 6) is -3.19. The van der Waals surface area contributed by atoms with Crippen LogP contribution in [0.1, 0.15) is 15.9 Å². The predicted octanol–water partition coefficient (Wildman–Crippen LogP) is 4.22. The maximum Gasteiger partial charge on any atom is 0.471 e. The highest BCUT2D eigenvalue weighted by Crippen LogP contribution is 2.21. The fraction of sp³-hybridized carbons (Fsp3) is 0.0588. The first-order valence-corrected chi connectivity index (χ1v) is 6.72. The first kappa shape index (κ1) is 17.4. The van der Waals surface area contributed by atoms with Crippen LogP contribution < -0.4 is 5.32 Å². The maximum atomic E-state index is 12.8. The second-order valence-electron chi connectivity index (χ2n) is 4.75. The molecule has 2 aromatic carbocycles. The smallest absolute Gasteiger partial charge is 0.318 e. The molecule has 0 unspecified atom stereocenters. The van der Waals surface area contributed by atoms with Crippen LogP contribution in [-0.2, 0) is 4.79 Å². The quantitative estimate of drug-likeness (QED) is 0.516. The van der Waals surface area contributed by atoms with E-state index < -0.39 is 23.7 Å². The molecule has 0 bridgehead atoms. The topological polar surface area (TPSA) is 46.2 Å². The van der Waals surface area contributed by atoms with E-state index in [1.807, 2.05) is 0 Å². The van der Waals surface area contributed by atoms with Gasteiger partial charge in [-0.1, -0.05) is 30.3 Å². The molecule has 0 atom stereocenters. The van der Waals surface area contributed by atoms with Gasteiger partial charge in [0, 0.05) is 5.56 Å². The van der Waals surface area contributed by atoms with Crippen molar-refractivity contribution in [3.05, 3.63) is 71.6 Å². The lowest BCUT2D eigenvalue weighted by Gasteiger charge is -2.10. The summed E-state index contributed by atoms with van der Waals surface area (Å²) >= 11 is 0. The Morgan fingerprint density at radius 2 is 1.58 bits per heavy atom. The molecule has 7 heteroatoms. The molecule has 0 aliphatic heterocycles. The number of allylic oxidation sites excluding steroid dienone is 1. The molecule has 0 spiro atoms. The van der Waals surface area contributed by atoms with Crippen LogP contribution in [0.4, 0.5) is 23.2 Å². The summed E-state index contributed by atoms with van der Waals surface area (Å²) in [5.41, 5.74) is 0.212. The van der Waals surface area contributed by atoms with Gasteiger partial charge in [-0.05, 0) is 35.9 Å². The van der Waals surface area contributed by atoms with Crippen molar-refractivity contribution >= 4 is 23.5 Å². The predicted molar refractivity (Wildman–Crippen MR) is 80.9 cm³/mol. The molecule has 0 saturated carbocycles. The van der Waals surface area contributed by atoms with E-state index in [9.17, 15) is 27.2 Å². The van der Waals surface area contributed by atoms with Crippen molar-refractivity contribution in [3.63, 3.8) is 0 Å². The van der Waals surface area contributed by atoms with E-state index in [0.717, 1.165) is 6.08 Å². The highest BCUT2D eigenvalue weighted by Gasteiger charge is 2.39. The number of anilines is 1. The van der Waals surface area contributed by atoms with Crippen molar-refractivity contribution in [1.29, 1.82) is 0 Å². The Balaban J connectivity index is 2.20. The van der Waals surface area contributed by atoms with E-state index in [1.54, 1.807) is 5.32 Å². The third-order valence-electron chi connectivity index (χ3n) is 3.00. The Morgan fingerprint density at radius 3 is 2.21 bits per heavy atom. The maximum absolute atomic E-state index is 12.8. The summed E-state index contributed by atoms with van der Waals surface area (Å²) in [7, 11) is 0. The Bertz CT molecular complexity index is 780. The van der Waals surface area contributed by atoms with Gasteiger partial charge in [0.1, 0.15) is 5.82 Å². The van der Waals surface area contributed by atoms with Crippen molar-refractivity contribution in [2.45, 2.75) is 6.18 Å². The van der Waals surface area contributed by atoms with Crippen LogP contribution in [-0.4, -0.2) is 17.9 Å². The molecule has 1 amide bonds. The van der Waals surface area contributed by atoms with Gasteiger partial charge in [-0.2, -0.15) is 13.2 Å². The van der Waals surface area contributed by atoms with E-state index >= 15 is 0 Å². The second kappa shape index (κ2) is 7.08. The summed E-state index contributed by atoms with van der Waals surface area (Å²) in [5, 5.41) is 1.67. The van der Waals surface area contributed by atoms with Crippen LogP contribution in [0.2, 0.25) is 0 Å². The van der Waals surface area contributed by atoms with E-state index in [1.165, 1.54) is 54.6 Å². The largest absolute Gasteiger partial charge is 0.471 e. The molecule has 0 saturated heterocycles. The number of carbonyl (C=O) groups excluding carboxylic acids is 2. The molecule has 24 heavy (non-hydrogen) atoms. The molecule has 0 aliphatic carbocycles. The van der Waals surface area contributed by atoms with E-state index in [-0.39, 0.29) is 11.3 Å². The van der Waals surface area contributed by atoms with Gasteiger partial charge in [0.25, 0.3) is 0 Å². The van der Waals surface area contributed by atoms with Gasteiger partial charge in [0.2, 0.25) is 0 Å². The average molecular weight is 337 g/mol. The van der Waals surface area contributed by atoms with Gasteiger partial charge in [-0.3, -0.25) is 9.59 Å². The third-order valence-corrected chi connectivity index (χ3v) is 3.00. The number of ketones is 1. The van der Waals surface area contributed by atoms with Gasteiger partial charge in [0.05, 0.1) is 5.69 Å². The number of nitrogens with one attached hydrogen (secondary N) is 1. The number of amides is 1. The highest BCUT2D eigenvalue weighted by atomic mass is 19.4. The summed E-state index contributed by atoms with van der Waals surface area (Å²) in [6.45, 7) is 0. The van der Waals surface area contributed by atoms with Gasteiger partial charge in [-0.25, -0.2) is 4.39 Å². The van der Waals surface area contributed by atoms with Crippen LogP contribution in [0.5, 0.6) is 0 Å². The molecule has 2 aromatic rings. The molecule has 0 aliphatic rings. The molecule has 0 aromatic heterocycles. The second-order valence-corrected chi connectivity index (χ2v) is 4.75. The summed E-state index contributed by atoms with van der Waals surface area (Å²) in [6.07, 6.45) is -2.53. The molecule has 0 heterocycles. The normalized spacial score (nSPS) is 11.5. The van der Waals surface area contributed by atoms with Crippen molar-refractivity contribution < 1.29 is 27.2 Å². The Morgan fingerprint density at radius 1 is 0.958 bits per heavy atom. The lowest BCUT2D eigenvalue weighted by molar-refractivity contribution is -0.167. The van der Waals surface area contributed by atoms with Crippen molar-refractivity contribution in [2.24, 2.45) is 0 Å². The lowest BCUT2D eigenvalue weighted by Crippen LogP contribution is -2.30. The summed E-state index contributed by atoms with van der Waals surface area (Å²) in [4.78, 5) is 23.2. The van der Waals surface area contributed by atoms with Crippen LogP contribution >= 0.6 is 0 Å². The fourth-order valence-corrected chi connectivity index (χ4v) is 1.84. The molecule has 0 fully saturated rings.